The number of unbranched alkanes of at least 4 members (excludes halogenated alkanes) is 1. The van der Waals surface area contributed by atoms with E-state index < -0.39 is 0 Å². The number of nitrogens with zero attached hydrogens (tertiary/aromatic N) is 1. The zero-order chi connectivity index (χ0) is 9.40. The summed E-state index contributed by atoms with van der Waals surface area (Å²) < 4.78 is 0. The highest BCUT2D eigenvalue weighted by Gasteiger charge is 2.02. The average molecular weight is 185 g/mol. The van der Waals surface area contributed by atoms with Gasteiger partial charge in [-0.1, -0.05) is 25.6 Å². The first kappa shape index (κ1) is 12.5. The Morgan fingerprint density at radius 2 is 1.58 bits per heavy atom. The van der Waals surface area contributed by atoms with Crippen LogP contribution in [0.3, 0.4) is 0 Å². The van der Waals surface area contributed by atoms with Crippen LogP contribution in [0.5, 0.6) is 0 Å². The number of hydrogen-bond donors (Lipinski definition) is 0. The molecule has 0 amide bonds. The van der Waals surface area contributed by atoms with Gasteiger partial charge in [0.25, 0.3) is 14.1 Å². The smallest absolute Gasteiger partial charge is 0.255 e. The minimum Gasteiger partial charge on any atom is -0.304 e. The Morgan fingerprint density at radius 3 is 2.00 bits per heavy atom. The van der Waals surface area contributed by atoms with Crippen LogP contribution in [0.4, 0.5) is 0 Å². The topological polar surface area (TPSA) is 3.24 Å². The van der Waals surface area contributed by atoms with Gasteiger partial charge >= 0.3 is 0 Å². The van der Waals surface area contributed by atoms with Crippen LogP contribution in [0.15, 0.2) is 0 Å². The second kappa shape index (κ2) is 8.11. The molecule has 0 N–H and O–H groups in total. The SMILES string of the molecule is CCN(CC)CCC[CH2][Al]([CH3])[CH3]. The Hall–Kier alpha value is 0.492. The molecule has 0 bridgehead atoms. The van der Waals surface area contributed by atoms with Crippen LogP contribution in [0.25, 0.3) is 0 Å². The van der Waals surface area contributed by atoms with E-state index in [4.69, 9.17) is 0 Å². The third-order valence-electron chi connectivity index (χ3n) is 2.40. The van der Waals surface area contributed by atoms with E-state index in [9.17, 15) is 0 Å². The summed E-state index contributed by atoms with van der Waals surface area (Å²) >= 11 is -0.270. The van der Waals surface area contributed by atoms with Gasteiger partial charge in [-0.3, -0.25) is 0 Å². The van der Waals surface area contributed by atoms with E-state index in [1.165, 1.54) is 37.8 Å². The average Bonchev–Trinajstić information content (AvgIpc) is 2.04. The van der Waals surface area contributed by atoms with Crippen molar-refractivity contribution in [3.63, 3.8) is 0 Å². The van der Waals surface area contributed by atoms with Gasteiger partial charge in [-0.2, -0.15) is 0 Å². The lowest BCUT2D eigenvalue weighted by atomic mass is 10.3. The van der Waals surface area contributed by atoms with Crippen molar-refractivity contribution in [2.24, 2.45) is 0 Å². The largest absolute Gasteiger partial charge is 0.304 e. The van der Waals surface area contributed by atoms with Crippen molar-refractivity contribution in [1.29, 1.82) is 0 Å². The van der Waals surface area contributed by atoms with Gasteiger partial charge in [0.05, 0.1) is 0 Å². The van der Waals surface area contributed by atoms with Crippen LogP contribution in [0, 0.1) is 0 Å². The van der Waals surface area contributed by atoms with Crippen molar-refractivity contribution < 1.29 is 0 Å². The van der Waals surface area contributed by atoms with Gasteiger partial charge in [0, 0.05) is 0 Å². The van der Waals surface area contributed by atoms with E-state index in [1.807, 2.05) is 0 Å². The van der Waals surface area contributed by atoms with E-state index in [2.05, 4.69) is 30.3 Å². The standard InChI is InChI=1S/C8H18N.2CH3.Al/c1-4-7-8-9(5-2)6-3;;;/h1,4-8H2,2-3H3;2*1H3;. The predicted molar refractivity (Wildman–Crippen MR) is 59.3 cm³/mol. The van der Waals surface area contributed by atoms with Crippen LogP contribution in [0.1, 0.15) is 26.7 Å². The summed E-state index contributed by atoms with van der Waals surface area (Å²) in [4.78, 5) is 2.52. The van der Waals surface area contributed by atoms with Crippen molar-refractivity contribution >= 4 is 14.1 Å². The summed E-state index contributed by atoms with van der Waals surface area (Å²) in [7, 11) is 0. The zero-order valence-corrected chi connectivity index (χ0v) is 10.4. The van der Waals surface area contributed by atoms with E-state index in [-0.39, 0.29) is 14.1 Å². The fourth-order valence-corrected chi connectivity index (χ4v) is 2.53. The summed E-state index contributed by atoms with van der Waals surface area (Å²) in [6.07, 6.45) is 2.87. The molecule has 0 aromatic rings. The summed E-state index contributed by atoms with van der Waals surface area (Å²) in [5.74, 6) is 4.88. The maximum Gasteiger partial charge on any atom is 0.255 e. The molecule has 0 rings (SSSR count). The molecule has 1 nitrogen and oxygen atoms in total. The summed E-state index contributed by atoms with van der Waals surface area (Å²) in [6, 6.07) is 0. The molecule has 0 atom stereocenters. The first-order chi connectivity index (χ1) is 5.70. The molecule has 0 aliphatic rings. The molecule has 0 saturated heterocycles. The molecule has 0 fully saturated rings. The van der Waals surface area contributed by atoms with Gasteiger partial charge < -0.3 is 4.90 Å². The van der Waals surface area contributed by atoms with Gasteiger partial charge in [0.15, 0.2) is 0 Å². The predicted octanol–water partition coefficient (Wildman–Crippen LogP) is 2.86. The fraction of sp³-hybridized carbons (Fsp3) is 1.00. The number of rotatable bonds is 7. The molecule has 0 unspecified atom stereocenters. The zero-order valence-electron chi connectivity index (χ0n) is 9.27. The molecular formula is C10H24AlN. The monoisotopic (exact) mass is 185 g/mol. The second-order valence-corrected chi connectivity index (χ2v) is 7.28. The van der Waals surface area contributed by atoms with E-state index in [0.29, 0.717) is 0 Å². The maximum absolute atomic E-state index is 2.52. The first-order valence-electron chi connectivity index (χ1n) is 5.43. The highest BCUT2D eigenvalue weighted by Crippen LogP contribution is 2.02. The normalized spacial score (nSPS) is 10.8. The lowest BCUT2D eigenvalue weighted by molar-refractivity contribution is 0.298. The molecule has 0 aliphatic heterocycles. The molecule has 0 aromatic carbocycles. The molecule has 0 aromatic heterocycles. The summed E-state index contributed by atoms with van der Waals surface area (Å²) in [5.41, 5.74) is 0. The molecule has 0 aliphatic carbocycles. The van der Waals surface area contributed by atoms with Crippen molar-refractivity contribution in [2.75, 3.05) is 19.6 Å². The van der Waals surface area contributed by atoms with Gasteiger partial charge in [-0.05, 0) is 26.1 Å². The van der Waals surface area contributed by atoms with E-state index >= 15 is 0 Å². The Labute approximate surface area is 82.5 Å². The van der Waals surface area contributed by atoms with Crippen LogP contribution in [-0.4, -0.2) is 38.7 Å². The van der Waals surface area contributed by atoms with Crippen molar-refractivity contribution in [1.82, 2.24) is 4.90 Å². The molecular weight excluding hydrogens is 161 g/mol. The Kier molecular flexibility index (Phi) is 8.44. The fourth-order valence-electron chi connectivity index (χ4n) is 1.43. The van der Waals surface area contributed by atoms with E-state index in [1.54, 1.807) is 0 Å². The van der Waals surface area contributed by atoms with Gasteiger partial charge in [0.1, 0.15) is 0 Å². The molecule has 2 heteroatoms. The molecule has 0 radical (unpaired) electrons. The maximum atomic E-state index is 2.52. The van der Waals surface area contributed by atoms with Crippen LogP contribution in [-0.2, 0) is 0 Å². The van der Waals surface area contributed by atoms with Crippen molar-refractivity contribution in [3.05, 3.63) is 0 Å². The summed E-state index contributed by atoms with van der Waals surface area (Å²) in [6.45, 7) is 8.25. The van der Waals surface area contributed by atoms with Crippen LogP contribution in [0.2, 0.25) is 16.9 Å². The number of hydrogen-bond acceptors (Lipinski definition) is 1. The third-order valence-corrected chi connectivity index (χ3v) is 3.96. The highest BCUT2D eigenvalue weighted by molar-refractivity contribution is 6.55. The molecule has 0 spiro atoms. The Morgan fingerprint density at radius 1 is 1.00 bits per heavy atom. The van der Waals surface area contributed by atoms with Gasteiger partial charge in [0.2, 0.25) is 0 Å². The quantitative estimate of drug-likeness (QED) is 0.435. The van der Waals surface area contributed by atoms with Gasteiger partial charge in [-0.25, -0.2) is 0 Å². The minimum atomic E-state index is -0.270. The van der Waals surface area contributed by atoms with Gasteiger partial charge in [-0.15, -0.1) is 11.6 Å². The minimum absolute atomic E-state index is 0.270. The summed E-state index contributed by atoms with van der Waals surface area (Å²) in [5, 5.41) is 1.53. The molecule has 12 heavy (non-hydrogen) atoms. The third kappa shape index (κ3) is 7.16. The van der Waals surface area contributed by atoms with E-state index in [0.717, 1.165) is 0 Å². The first-order valence-corrected chi connectivity index (χ1v) is 8.55. The molecule has 72 valence electrons. The second-order valence-electron chi connectivity index (χ2n) is 3.92. The molecule has 0 heterocycles. The van der Waals surface area contributed by atoms with Crippen molar-refractivity contribution in [2.45, 2.75) is 43.5 Å². The van der Waals surface area contributed by atoms with Crippen molar-refractivity contribution in [3.8, 4) is 0 Å². The lowest BCUT2D eigenvalue weighted by Crippen LogP contribution is -2.24. The van der Waals surface area contributed by atoms with Crippen LogP contribution < -0.4 is 0 Å². The Balaban J connectivity index is 3.17. The van der Waals surface area contributed by atoms with Crippen LogP contribution >= 0.6 is 0 Å². The highest BCUT2D eigenvalue weighted by atomic mass is 27.2. The lowest BCUT2D eigenvalue weighted by Gasteiger charge is -2.17. The molecule has 0 saturated carbocycles. The Bertz CT molecular complexity index is 89.8.